The first-order chi connectivity index (χ1) is 8.72. The molecule has 1 amide bonds. The highest BCUT2D eigenvalue weighted by atomic mass is 16.1. The molecule has 0 spiro atoms. The van der Waals surface area contributed by atoms with E-state index in [4.69, 9.17) is 0 Å². The third-order valence-corrected chi connectivity index (χ3v) is 3.83. The highest BCUT2D eigenvalue weighted by Crippen LogP contribution is 2.24. The minimum absolute atomic E-state index is 0.0434. The first kappa shape index (κ1) is 13.1. The Bertz CT molecular complexity index is 393. The van der Waals surface area contributed by atoms with Crippen LogP contribution in [0.25, 0.3) is 0 Å². The van der Waals surface area contributed by atoms with Gasteiger partial charge in [0, 0.05) is 18.7 Å². The molecule has 0 radical (unpaired) electrons. The van der Waals surface area contributed by atoms with Gasteiger partial charge in [-0.2, -0.15) is 5.10 Å². The van der Waals surface area contributed by atoms with Gasteiger partial charge in [-0.15, -0.1) is 0 Å². The largest absolute Gasteiger partial charge is 0.348 e. The summed E-state index contributed by atoms with van der Waals surface area (Å²) in [5, 5.41) is 7.37. The van der Waals surface area contributed by atoms with Crippen LogP contribution in [0.2, 0.25) is 0 Å². The van der Waals surface area contributed by atoms with E-state index in [0.29, 0.717) is 0 Å². The fourth-order valence-electron chi connectivity index (χ4n) is 2.74. The zero-order valence-corrected chi connectivity index (χ0v) is 11.4. The second kappa shape index (κ2) is 6.03. The van der Waals surface area contributed by atoms with Crippen LogP contribution in [-0.2, 0) is 11.3 Å². The summed E-state index contributed by atoms with van der Waals surface area (Å²) < 4.78 is 1.94. The van der Waals surface area contributed by atoms with E-state index in [1.165, 1.54) is 19.3 Å². The number of aromatic nitrogens is 2. The minimum atomic E-state index is 0.0434. The molecular formula is C14H23N3O. The first-order valence-electron chi connectivity index (χ1n) is 7.04. The van der Waals surface area contributed by atoms with Gasteiger partial charge in [0.2, 0.25) is 5.91 Å². The Balaban J connectivity index is 1.94. The molecule has 1 atom stereocenters. The molecule has 0 aliphatic heterocycles. The molecule has 1 unspecified atom stereocenters. The van der Waals surface area contributed by atoms with Crippen molar-refractivity contribution in [2.75, 3.05) is 0 Å². The Morgan fingerprint density at radius 3 is 2.89 bits per heavy atom. The van der Waals surface area contributed by atoms with Crippen molar-refractivity contribution < 1.29 is 4.79 Å². The lowest BCUT2D eigenvalue weighted by atomic mass is 9.88. The summed E-state index contributed by atoms with van der Waals surface area (Å²) in [5.41, 5.74) is 1.08. The monoisotopic (exact) mass is 249 g/mol. The summed E-state index contributed by atoms with van der Waals surface area (Å²) in [5.74, 6) is 0.435. The predicted octanol–water partition coefficient (Wildman–Crippen LogP) is 2.66. The molecule has 1 saturated carbocycles. The topological polar surface area (TPSA) is 46.9 Å². The summed E-state index contributed by atoms with van der Waals surface area (Å²) >= 11 is 0. The standard InChI is InChI=1S/C14H23N3O/c1-3-17-13(9-10-15-17)11(2)16-14(18)12-7-5-4-6-8-12/h9-12H,3-8H2,1-2H3,(H,16,18). The summed E-state index contributed by atoms with van der Waals surface area (Å²) in [6.07, 6.45) is 7.56. The van der Waals surface area contributed by atoms with Crippen LogP contribution >= 0.6 is 0 Å². The highest BCUT2D eigenvalue weighted by molar-refractivity contribution is 5.79. The van der Waals surface area contributed by atoms with Gasteiger partial charge in [-0.1, -0.05) is 19.3 Å². The molecule has 1 aliphatic carbocycles. The average molecular weight is 249 g/mol. The van der Waals surface area contributed by atoms with Crippen molar-refractivity contribution in [3.05, 3.63) is 18.0 Å². The second-order valence-electron chi connectivity index (χ2n) is 5.14. The Morgan fingerprint density at radius 2 is 2.22 bits per heavy atom. The predicted molar refractivity (Wildman–Crippen MR) is 71.0 cm³/mol. The molecule has 1 N–H and O–H groups in total. The summed E-state index contributed by atoms with van der Waals surface area (Å²) in [6.45, 7) is 4.93. The number of rotatable bonds is 4. The van der Waals surface area contributed by atoms with Crippen LogP contribution in [0.15, 0.2) is 12.3 Å². The summed E-state index contributed by atoms with van der Waals surface area (Å²) in [4.78, 5) is 12.2. The van der Waals surface area contributed by atoms with Crippen LogP contribution in [-0.4, -0.2) is 15.7 Å². The molecule has 18 heavy (non-hydrogen) atoms. The third-order valence-electron chi connectivity index (χ3n) is 3.83. The number of amides is 1. The van der Waals surface area contributed by atoms with Crippen molar-refractivity contribution in [2.24, 2.45) is 5.92 Å². The van der Waals surface area contributed by atoms with Gasteiger partial charge < -0.3 is 5.32 Å². The molecule has 1 fully saturated rings. The molecule has 1 aromatic heterocycles. The lowest BCUT2D eigenvalue weighted by Gasteiger charge is -2.23. The van der Waals surface area contributed by atoms with Crippen molar-refractivity contribution in [1.82, 2.24) is 15.1 Å². The Hall–Kier alpha value is -1.32. The fraction of sp³-hybridized carbons (Fsp3) is 0.714. The Labute approximate surface area is 109 Å². The van der Waals surface area contributed by atoms with E-state index >= 15 is 0 Å². The first-order valence-corrected chi connectivity index (χ1v) is 7.04. The quantitative estimate of drug-likeness (QED) is 0.891. The average Bonchev–Trinajstić information content (AvgIpc) is 2.88. The lowest BCUT2D eigenvalue weighted by Crippen LogP contribution is -2.34. The number of hydrogen-bond donors (Lipinski definition) is 1. The van der Waals surface area contributed by atoms with E-state index in [9.17, 15) is 4.79 Å². The molecule has 2 rings (SSSR count). The van der Waals surface area contributed by atoms with Gasteiger partial charge in [0.25, 0.3) is 0 Å². The molecule has 1 aliphatic rings. The fourth-order valence-corrected chi connectivity index (χ4v) is 2.74. The van der Waals surface area contributed by atoms with E-state index in [-0.39, 0.29) is 17.9 Å². The molecule has 0 aromatic carbocycles. The van der Waals surface area contributed by atoms with Crippen LogP contribution in [0, 0.1) is 5.92 Å². The van der Waals surface area contributed by atoms with Crippen LogP contribution in [0.1, 0.15) is 57.7 Å². The zero-order chi connectivity index (χ0) is 13.0. The number of nitrogens with one attached hydrogen (secondary N) is 1. The SMILES string of the molecule is CCn1nccc1C(C)NC(=O)C1CCCCC1. The number of hydrogen-bond acceptors (Lipinski definition) is 2. The molecule has 0 saturated heterocycles. The van der Waals surface area contributed by atoms with Gasteiger partial charge in [-0.25, -0.2) is 0 Å². The van der Waals surface area contributed by atoms with Gasteiger partial charge in [0.05, 0.1) is 11.7 Å². The van der Waals surface area contributed by atoms with Crippen molar-refractivity contribution >= 4 is 5.91 Å². The van der Waals surface area contributed by atoms with E-state index in [2.05, 4.69) is 17.3 Å². The molecular weight excluding hydrogens is 226 g/mol. The maximum Gasteiger partial charge on any atom is 0.223 e. The molecule has 1 heterocycles. The zero-order valence-electron chi connectivity index (χ0n) is 11.4. The van der Waals surface area contributed by atoms with Crippen molar-refractivity contribution in [1.29, 1.82) is 0 Å². The summed E-state index contributed by atoms with van der Waals surface area (Å²) in [7, 11) is 0. The number of nitrogens with zero attached hydrogens (tertiary/aromatic N) is 2. The van der Waals surface area contributed by atoms with E-state index in [1.54, 1.807) is 6.20 Å². The maximum absolute atomic E-state index is 12.2. The highest BCUT2D eigenvalue weighted by Gasteiger charge is 2.23. The molecule has 0 bridgehead atoms. The van der Waals surface area contributed by atoms with E-state index < -0.39 is 0 Å². The van der Waals surface area contributed by atoms with Crippen molar-refractivity contribution in [3.63, 3.8) is 0 Å². The van der Waals surface area contributed by atoms with Gasteiger partial charge in [0.15, 0.2) is 0 Å². The van der Waals surface area contributed by atoms with Crippen LogP contribution in [0.3, 0.4) is 0 Å². The molecule has 4 heteroatoms. The van der Waals surface area contributed by atoms with E-state index in [1.807, 2.05) is 17.7 Å². The van der Waals surface area contributed by atoms with Crippen molar-refractivity contribution in [3.8, 4) is 0 Å². The van der Waals surface area contributed by atoms with Gasteiger partial charge >= 0.3 is 0 Å². The van der Waals surface area contributed by atoms with Gasteiger partial charge in [-0.3, -0.25) is 9.48 Å². The number of carbonyl (C=O) groups excluding carboxylic acids is 1. The maximum atomic E-state index is 12.2. The van der Waals surface area contributed by atoms with Gasteiger partial charge in [-0.05, 0) is 32.8 Å². The smallest absolute Gasteiger partial charge is 0.223 e. The van der Waals surface area contributed by atoms with Crippen LogP contribution in [0.5, 0.6) is 0 Å². The number of carbonyl (C=O) groups is 1. The third kappa shape index (κ3) is 2.92. The normalized spacial score (nSPS) is 18.6. The summed E-state index contributed by atoms with van der Waals surface area (Å²) in [6, 6.07) is 2.02. The Morgan fingerprint density at radius 1 is 1.50 bits per heavy atom. The molecule has 100 valence electrons. The van der Waals surface area contributed by atoms with Gasteiger partial charge in [0.1, 0.15) is 0 Å². The number of aryl methyl sites for hydroxylation is 1. The Kier molecular flexibility index (Phi) is 4.39. The van der Waals surface area contributed by atoms with Crippen LogP contribution < -0.4 is 5.32 Å². The molecule has 4 nitrogen and oxygen atoms in total. The van der Waals surface area contributed by atoms with E-state index in [0.717, 1.165) is 25.1 Å². The second-order valence-corrected chi connectivity index (χ2v) is 5.14. The van der Waals surface area contributed by atoms with Crippen molar-refractivity contribution in [2.45, 2.75) is 58.5 Å². The minimum Gasteiger partial charge on any atom is -0.348 e. The lowest BCUT2D eigenvalue weighted by molar-refractivity contribution is -0.126. The molecule has 1 aromatic rings. The van der Waals surface area contributed by atoms with Crippen LogP contribution in [0.4, 0.5) is 0 Å².